The largest absolute Gasteiger partial charge is 0.383 e. The molecule has 7 heteroatoms. The van der Waals surface area contributed by atoms with Gasteiger partial charge in [-0.1, -0.05) is 12.8 Å². The molecule has 0 bridgehead atoms. The number of methoxy groups -OCH3 is 1. The molecule has 142 valence electrons. The Morgan fingerprint density at radius 1 is 1.36 bits per heavy atom. The number of hydrogen-bond acceptors (Lipinski definition) is 4. The topological polar surface area (TPSA) is 75.2 Å². The van der Waals surface area contributed by atoms with E-state index in [-0.39, 0.29) is 17.9 Å². The first-order chi connectivity index (χ1) is 12.1. The third-order valence-electron chi connectivity index (χ3n) is 6.05. The summed E-state index contributed by atoms with van der Waals surface area (Å²) in [5.74, 6) is 1.28. The third kappa shape index (κ3) is 3.62. The lowest BCUT2D eigenvalue weighted by molar-refractivity contribution is -0.127. The van der Waals surface area contributed by atoms with Crippen LogP contribution in [0.15, 0.2) is 4.99 Å². The van der Waals surface area contributed by atoms with E-state index in [2.05, 4.69) is 15.6 Å². The molecule has 25 heavy (non-hydrogen) atoms. The van der Waals surface area contributed by atoms with Crippen LogP contribution in [-0.4, -0.2) is 76.4 Å². The Labute approximate surface area is 150 Å². The molecule has 0 aromatic rings. The van der Waals surface area contributed by atoms with Crippen LogP contribution in [0.4, 0.5) is 0 Å². The number of likely N-dealkylation sites (N-methyl/N-ethyl adjacent to an activating group) is 1. The predicted molar refractivity (Wildman–Crippen MR) is 96.5 cm³/mol. The van der Waals surface area contributed by atoms with Gasteiger partial charge in [0.25, 0.3) is 0 Å². The molecule has 1 spiro atoms. The van der Waals surface area contributed by atoms with Gasteiger partial charge in [0.1, 0.15) is 6.54 Å². The molecule has 3 aliphatic rings. The third-order valence-corrected chi connectivity index (χ3v) is 6.05. The minimum atomic E-state index is -0.000827. The number of guanidine groups is 1. The number of fused-ring (bicyclic) bond motifs is 2. The summed E-state index contributed by atoms with van der Waals surface area (Å²) < 4.78 is 11.2. The first-order valence-electron chi connectivity index (χ1n) is 9.44. The van der Waals surface area contributed by atoms with Gasteiger partial charge in [0.2, 0.25) is 5.91 Å². The number of ether oxygens (including phenoxy) is 2. The van der Waals surface area contributed by atoms with Gasteiger partial charge in [0.15, 0.2) is 5.96 Å². The summed E-state index contributed by atoms with van der Waals surface area (Å²) in [5.41, 5.74) is 0.260. The number of amides is 1. The van der Waals surface area contributed by atoms with Crippen LogP contribution in [0.1, 0.15) is 32.1 Å². The van der Waals surface area contributed by atoms with Crippen molar-refractivity contribution in [3.8, 4) is 0 Å². The van der Waals surface area contributed by atoms with E-state index in [0.29, 0.717) is 37.2 Å². The Morgan fingerprint density at radius 3 is 2.80 bits per heavy atom. The maximum absolute atomic E-state index is 11.9. The average molecular weight is 352 g/mol. The van der Waals surface area contributed by atoms with Crippen LogP contribution < -0.4 is 10.6 Å². The minimum absolute atomic E-state index is 0.000827. The Kier molecular flexibility index (Phi) is 5.84. The maximum atomic E-state index is 11.9. The molecule has 0 aromatic heterocycles. The van der Waals surface area contributed by atoms with E-state index in [1.54, 1.807) is 26.1 Å². The molecule has 1 saturated heterocycles. The van der Waals surface area contributed by atoms with Crippen molar-refractivity contribution in [2.75, 3.05) is 47.5 Å². The molecule has 2 N–H and O–H groups in total. The molecule has 2 saturated carbocycles. The Bertz CT molecular complexity index is 503. The normalized spacial score (nSPS) is 30.0. The van der Waals surface area contributed by atoms with Crippen molar-refractivity contribution >= 4 is 11.9 Å². The number of aliphatic imine (C=N–C) groups is 1. The highest BCUT2D eigenvalue weighted by Gasteiger charge is 2.65. The first kappa shape index (κ1) is 18.5. The van der Waals surface area contributed by atoms with Gasteiger partial charge in [0.05, 0.1) is 12.7 Å². The van der Waals surface area contributed by atoms with Crippen LogP contribution in [0, 0.1) is 11.3 Å². The predicted octanol–water partition coefficient (Wildman–Crippen LogP) is 0.604. The lowest BCUT2D eigenvalue weighted by atomic mass is 9.54. The Hall–Kier alpha value is -1.34. The summed E-state index contributed by atoms with van der Waals surface area (Å²) in [6.07, 6.45) is 6.56. The highest BCUT2D eigenvalue weighted by atomic mass is 16.5. The average Bonchev–Trinajstić information content (AvgIpc) is 3.24. The van der Waals surface area contributed by atoms with Crippen molar-refractivity contribution < 1.29 is 14.3 Å². The smallest absolute Gasteiger partial charge is 0.243 e. The Morgan fingerprint density at radius 2 is 2.12 bits per heavy atom. The van der Waals surface area contributed by atoms with E-state index >= 15 is 0 Å². The fraction of sp³-hybridized carbons (Fsp3) is 0.889. The second kappa shape index (κ2) is 7.91. The molecule has 1 heterocycles. The molecule has 3 atom stereocenters. The lowest BCUT2D eigenvalue weighted by Crippen LogP contribution is -2.69. The second-order valence-electron chi connectivity index (χ2n) is 7.68. The quantitative estimate of drug-likeness (QED) is 0.416. The standard InChI is InChI=1S/C18H32N4O3/c1-22(2)14(23)12-20-17(19-9-11-24-3)21-15-13-6-10-25-16(13)18(15)7-4-5-8-18/h13,15-16H,4-12H2,1-3H3,(H2,19,20,21). The fourth-order valence-electron chi connectivity index (χ4n) is 4.76. The molecular weight excluding hydrogens is 320 g/mol. The van der Waals surface area contributed by atoms with Crippen LogP contribution in [0.25, 0.3) is 0 Å². The fourth-order valence-corrected chi connectivity index (χ4v) is 4.76. The molecular formula is C18H32N4O3. The summed E-state index contributed by atoms with van der Waals surface area (Å²) >= 11 is 0. The summed E-state index contributed by atoms with van der Waals surface area (Å²) in [4.78, 5) is 18.0. The summed E-state index contributed by atoms with van der Waals surface area (Å²) in [5, 5.41) is 6.95. The van der Waals surface area contributed by atoms with Crippen LogP contribution in [-0.2, 0) is 14.3 Å². The van der Waals surface area contributed by atoms with Gasteiger partial charge < -0.3 is 25.0 Å². The molecule has 0 radical (unpaired) electrons. The minimum Gasteiger partial charge on any atom is -0.383 e. The van der Waals surface area contributed by atoms with Crippen LogP contribution >= 0.6 is 0 Å². The van der Waals surface area contributed by atoms with Crippen molar-refractivity contribution in [1.82, 2.24) is 15.5 Å². The van der Waals surface area contributed by atoms with E-state index in [1.165, 1.54) is 25.7 Å². The number of rotatable bonds is 6. The van der Waals surface area contributed by atoms with Gasteiger partial charge >= 0.3 is 0 Å². The number of hydrogen-bond donors (Lipinski definition) is 2. The molecule has 2 aliphatic carbocycles. The van der Waals surface area contributed by atoms with E-state index in [4.69, 9.17) is 9.47 Å². The number of carbonyl (C=O) groups is 1. The SMILES string of the molecule is COCCNC(=NCC(=O)N(C)C)NC1C2CCOC2C12CCCC2. The molecule has 3 rings (SSSR count). The first-order valence-corrected chi connectivity index (χ1v) is 9.44. The number of nitrogens with zero attached hydrogens (tertiary/aromatic N) is 2. The maximum Gasteiger partial charge on any atom is 0.243 e. The van der Waals surface area contributed by atoms with Crippen molar-refractivity contribution in [3.05, 3.63) is 0 Å². The second-order valence-corrected chi connectivity index (χ2v) is 7.68. The molecule has 1 amide bonds. The van der Waals surface area contributed by atoms with Crippen molar-refractivity contribution in [2.24, 2.45) is 16.3 Å². The van der Waals surface area contributed by atoms with Crippen molar-refractivity contribution in [2.45, 2.75) is 44.2 Å². The lowest BCUT2D eigenvalue weighted by Gasteiger charge is -2.57. The van der Waals surface area contributed by atoms with Crippen LogP contribution in [0.5, 0.6) is 0 Å². The molecule has 3 unspecified atom stereocenters. The van der Waals surface area contributed by atoms with Gasteiger partial charge in [-0.05, 0) is 19.3 Å². The summed E-state index contributed by atoms with van der Waals surface area (Å²) in [6, 6.07) is 0.394. The van der Waals surface area contributed by atoms with Crippen LogP contribution in [0.3, 0.4) is 0 Å². The van der Waals surface area contributed by atoms with E-state index in [1.807, 2.05) is 0 Å². The van der Waals surface area contributed by atoms with Crippen molar-refractivity contribution in [1.29, 1.82) is 0 Å². The highest BCUT2D eigenvalue weighted by Crippen LogP contribution is 2.60. The number of nitrogens with one attached hydrogen (secondary N) is 2. The summed E-state index contributed by atoms with van der Waals surface area (Å²) in [6.45, 7) is 2.30. The van der Waals surface area contributed by atoms with Gasteiger partial charge in [-0.3, -0.25) is 4.79 Å². The zero-order chi connectivity index (χ0) is 17.9. The molecule has 1 aliphatic heterocycles. The van der Waals surface area contributed by atoms with E-state index in [0.717, 1.165) is 13.0 Å². The number of carbonyl (C=O) groups excluding carboxylic acids is 1. The van der Waals surface area contributed by atoms with Gasteiger partial charge in [-0.15, -0.1) is 0 Å². The van der Waals surface area contributed by atoms with Crippen LogP contribution in [0.2, 0.25) is 0 Å². The Balaban J connectivity index is 1.67. The zero-order valence-electron chi connectivity index (χ0n) is 15.7. The monoisotopic (exact) mass is 352 g/mol. The molecule has 0 aromatic carbocycles. The van der Waals surface area contributed by atoms with Gasteiger partial charge in [-0.2, -0.15) is 0 Å². The summed E-state index contributed by atoms with van der Waals surface area (Å²) in [7, 11) is 5.19. The molecule has 7 nitrogen and oxygen atoms in total. The zero-order valence-corrected chi connectivity index (χ0v) is 15.7. The van der Waals surface area contributed by atoms with Gasteiger partial charge in [0, 0.05) is 51.7 Å². The van der Waals surface area contributed by atoms with Gasteiger partial charge in [-0.25, -0.2) is 4.99 Å². The van der Waals surface area contributed by atoms with E-state index in [9.17, 15) is 4.79 Å². The highest BCUT2D eigenvalue weighted by molar-refractivity contribution is 5.85. The van der Waals surface area contributed by atoms with Crippen molar-refractivity contribution in [3.63, 3.8) is 0 Å². The van der Waals surface area contributed by atoms with E-state index < -0.39 is 0 Å². The molecule has 3 fully saturated rings.